The second kappa shape index (κ2) is 26.8. The maximum atomic E-state index is 5.83. The predicted octanol–water partition coefficient (Wildman–Crippen LogP) is 7.67. The van der Waals surface area contributed by atoms with Gasteiger partial charge in [0.1, 0.15) is 0 Å². The van der Waals surface area contributed by atoms with Gasteiger partial charge in [-0.25, -0.2) is 0 Å². The van der Waals surface area contributed by atoms with Gasteiger partial charge in [0.15, 0.2) is 8.32 Å². The summed E-state index contributed by atoms with van der Waals surface area (Å²) in [5, 5.41) is 0. The molecule has 0 atom stereocenters. The molecule has 0 aliphatic carbocycles. The lowest BCUT2D eigenvalue weighted by Crippen LogP contribution is -2.43. The monoisotopic (exact) mass is 320 g/mol. The van der Waals surface area contributed by atoms with Gasteiger partial charge in [0, 0.05) is 7.11 Å². The summed E-state index contributed by atoms with van der Waals surface area (Å²) in [7, 11) is -1.40. The summed E-state index contributed by atoms with van der Waals surface area (Å²) in [6.45, 7) is 14.7. The van der Waals surface area contributed by atoms with Crippen molar-refractivity contribution < 1.29 is 8.54 Å². The molecule has 0 heterocycles. The molecule has 0 aromatic heterocycles. The zero-order valence-corrected chi connectivity index (χ0v) is 11.8. The van der Waals surface area contributed by atoms with Crippen LogP contribution in [0.1, 0.15) is 65.8 Å². The van der Waals surface area contributed by atoms with Crippen molar-refractivity contribution in [1.82, 2.24) is 0 Å². The molecule has 0 saturated carbocycles. The van der Waals surface area contributed by atoms with Crippen molar-refractivity contribution in [3.8, 4) is 0 Å². The lowest BCUT2D eigenvalue weighted by Gasteiger charge is -2.29. The van der Waals surface area contributed by atoms with Gasteiger partial charge in [-0.05, 0) is 32.7 Å². The zero-order valence-electron chi connectivity index (χ0n) is 9.82. The molecule has 0 amide bonds. The zero-order chi connectivity index (χ0) is 10.4. The van der Waals surface area contributed by atoms with Crippen molar-refractivity contribution in [2.75, 3.05) is 7.11 Å². The Kier molecular flexibility index (Phi) is 85.9. The Labute approximate surface area is 131 Å². The van der Waals surface area contributed by atoms with E-state index in [-0.39, 0.29) is 52.0 Å². The fourth-order valence-corrected chi connectivity index (χ4v) is 7.01. The molecule has 0 fully saturated rings. The summed E-state index contributed by atoms with van der Waals surface area (Å²) >= 11 is 0. The van der Waals surface area contributed by atoms with Crippen molar-refractivity contribution in [2.45, 2.75) is 98.6 Å². The van der Waals surface area contributed by atoms with Crippen LogP contribution in [-0.4, -0.2) is 24.0 Å². The molecule has 4 heteroatoms. The molecular weight excluding hydrogens is 268 g/mol. The maximum absolute atomic E-state index is 5.83. The topological polar surface area (TPSA) is 18.5 Å². The Hall–Kier alpha value is 0.354. The second-order valence-electron chi connectivity index (χ2n) is 3.82. The van der Waals surface area contributed by atoms with E-state index in [4.69, 9.17) is 8.54 Å². The smallest absolute Gasteiger partial charge is 0.321 e. The summed E-state index contributed by atoms with van der Waals surface area (Å²) in [6.07, 6.45) is 0. The van der Waals surface area contributed by atoms with E-state index < -0.39 is 16.9 Å². The SMILES string of the molecule is C.C.C.C.C.C.C.CC.CO[Si](C)(C)O[Si](C)(C)C. The Morgan fingerprint density at radius 3 is 0.842 bits per heavy atom. The molecule has 19 heavy (non-hydrogen) atoms. The average molecular weight is 321 g/mol. The van der Waals surface area contributed by atoms with Gasteiger partial charge in [-0.2, -0.15) is 0 Å². The predicted molar refractivity (Wildman–Crippen MR) is 107 cm³/mol. The molecule has 0 rings (SSSR count). The van der Waals surface area contributed by atoms with E-state index in [1.807, 2.05) is 13.8 Å². The summed E-state index contributed by atoms with van der Waals surface area (Å²) < 4.78 is 11.1. The van der Waals surface area contributed by atoms with Gasteiger partial charge in [-0.15, -0.1) is 0 Å². The number of rotatable bonds is 3. The average Bonchev–Trinajstić information content (AvgIpc) is 1.88. The van der Waals surface area contributed by atoms with E-state index in [2.05, 4.69) is 32.7 Å². The van der Waals surface area contributed by atoms with Crippen molar-refractivity contribution in [2.24, 2.45) is 0 Å². The highest BCUT2D eigenvalue weighted by molar-refractivity contribution is 6.81. The molecule has 0 bridgehead atoms. The first-order chi connectivity index (χ1) is 5.27. The first kappa shape index (κ1) is 60.8. The Morgan fingerprint density at radius 1 is 0.579 bits per heavy atom. The van der Waals surface area contributed by atoms with Crippen molar-refractivity contribution in [3.05, 3.63) is 0 Å². The highest BCUT2D eigenvalue weighted by Crippen LogP contribution is 2.13. The van der Waals surface area contributed by atoms with Crippen molar-refractivity contribution >= 4 is 16.9 Å². The van der Waals surface area contributed by atoms with Crippen LogP contribution in [-0.2, 0) is 8.54 Å². The van der Waals surface area contributed by atoms with E-state index in [0.717, 1.165) is 0 Å². The molecule has 0 N–H and O–H groups in total. The highest BCUT2D eigenvalue weighted by Gasteiger charge is 2.29. The molecule has 0 aromatic carbocycles. The fourth-order valence-electron chi connectivity index (χ4n) is 0.779. The van der Waals surface area contributed by atoms with Crippen LogP contribution in [0.3, 0.4) is 0 Å². The van der Waals surface area contributed by atoms with Gasteiger partial charge in [0.25, 0.3) is 0 Å². The fraction of sp³-hybridized carbons (Fsp3) is 1.00. The molecule has 2 nitrogen and oxygen atoms in total. The molecule has 0 spiro atoms. The van der Waals surface area contributed by atoms with Crippen LogP contribution in [0.15, 0.2) is 0 Å². The molecule has 0 aliphatic heterocycles. The van der Waals surface area contributed by atoms with Crippen LogP contribution >= 0.6 is 0 Å². The van der Waals surface area contributed by atoms with E-state index in [1.54, 1.807) is 7.11 Å². The standard InChI is InChI=1S/C6H18O2Si2.C2H6.7CH4/c1-7-10(5,6)8-9(2,3)4;1-2;;;;;;;/h1-6H3;1-2H3;7*1H4. The molecule has 0 saturated heterocycles. The third kappa shape index (κ3) is 56.1. The van der Waals surface area contributed by atoms with Crippen LogP contribution in [0.2, 0.25) is 32.7 Å². The maximum Gasteiger partial charge on any atom is 0.321 e. The quantitative estimate of drug-likeness (QED) is 0.497. The summed E-state index contributed by atoms with van der Waals surface area (Å²) in [5.74, 6) is 0. The molecule has 0 aromatic rings. The van der Waals surface area contributed by atoms with Crippen LogP contribution in [0.5, 0.6) is 0 Å². The Bertz CT molecular complexity index is 111. The van der Waals surface area contributed by atoms with Crippen LogP contribution in [0.25, 0.3) is 0 Å². The van der Waals surface area contributed by atoms with Gasteiger partial charge in [-0.1, -0.05) is 65.8 Å². The van der Waals surface area contributed by atoms with Gasteiger partial charge in [-0.3, -0.25) is 0 Å². The van der Waals surface area contributed by atoms with Gasteiger partial charge >= 0.3 is 8.56 Å². The minimum absolute atomic E-state index is 0. The van der Waals surface area contributed by atoms with E-state index >= 15 is 0 Å². The summed E-state index contributed by atoms with van der Waals surface area (Å²) in [6, 6.07) is 0. The lowest BCUT2D eigenvalue weighted by molar-refractivity contribution is 0.312. The molecule has 0 aliphatic rings. The van der Waals surface area contributed by atoms with E-state index in [0.29, 0.717) is 0 Å². The van der Waals surface area contributed by atoms with E-state index in [9.17, 15) is 0 Å². The number of hydrogen-bond donors (Lipinski definition) is 0. The molecule has 0 unspecified atom stereocenters. The summed E-state index contributed by atoms with van der Waals surface area (Å²) in [5.41, 5.74) is 0. The minimum Gasteiger partial charge on any atom is -0.436 e. The van der Waals surface area contributed by atoms with Crippen molar-refractivity contribution in [1.29, 1.82) is 0 Å². The lowest BCUT2D eigenvalue weighted by atomic mass is 11.0. The van der Waals surface area contributed by atoms with Gasteiger partial charge in [0.2, 0.25) is 0 Å². The third-order valence-corrected chi connectivity index (χ3v) is 6.44. The Morgan fingerprint density at radius 2 is 0.789 bits per heavy atom. The second-order valence-corrected chi connectivity index (χ2v) is 12.1. The van der Waals surface area contributed by atoms with Crippen LogP contribution in [0, 0.1) is 0 Å². The largest absolute Gasteiger partial charge is 0.436 e. The Balaban J connectivity index is -0.0000000151. The van der Waals surface area contributed by atoms with Gasteiger partial charge < -0.3 is 8.54 Å². The summed E-state index contributed by atoms with van der Waals surface area (Å²) in [4.78, 5) is 0. The third-order valence-electron chi connectivity index (χ3n) is 1.04. The van der Waals surface area contributed by atoms with Gasteiger partial charge in [0.05, 0.1) is 0 Å². The molecule has 0 radical (unpaired) electrons. The molecular formula is C15H52O2Si2. The first-order valence-corrected chi connectivity index (χ1v) is 10.7. The number of hydrogen-bond acceptors (Lipinski definition) is 2. The molecule has 132 valence electrons. The first-order valence-electron chi connectivity index (χ1n) is 4.52. The van der Waals surface area contributed by atoms with Crippen LogP contribution in [0.4, 0.5) is 0 Å². The minimum atomic E-state index is -1.75. The highest BCUT2D eigenvalue weighted by atomic mass is 28.4. The van der Waals surface area contributed by atoms with E-state index in [1.165, 1.54) is 0 Å². The van der Waals surface area contributed by atoms with Crippen LogP contribution < -0.4 is 0 Å². The van der Waals surface area contributed by atoms with Crippen molar-refractivity contribution in [3.63, 3.8) is 0 Å². The normalized spacial score (nSPS) is 7.58.